The predicted molar refractivity (Wildman–Crippen MR) is 98.8 cm³/mol. The number of pyridine rings is 1. The zero-order valence-corrected chi connectivity index (χ0v) is 16.0. The van der Waals surface area contributed by atoms with Gasteiger partial charge in [0.2, 0.25) is 5.28 Å². The van der Waals surface area contributed by atoms with Crippen molar-refractivity contribution in [2.45, 2.75) is 33.0 Å². The van der Waals surface area contributed by atoms with Crippen molar-refractivity contribution >= 4 is 34.3 Å². The van der Waals surface area contributed by atoms with Gasteiger partial charge in [-0.2, -0.15) is 23.3 Å². The van der Waals surface area contributed by atoms with Crippen LogP contribution >= 0.6 is 11.6 Å². The van der Waals surface area contributed by atoms with Crippen LogP contribution in [0, 0.1) is 6.92 Å². The summed E-state index contributed by atoms with van der Waals surface area (Å²) in [6, 6.07) is 3.68. The molecule has 3 aromatic heterocycles. The number of ether oxygens (including phenoxy) is 1. The van der Waals surface area contributed by atoms with E-state index in [2.05, 4.69) is 25.4 Å². The zero-order valence-electron chi connectivity index (χ0n) is 15.2. The molecule has 0 aliphatic rings. The summed E-state index contributed by atoms with van der Waals surface area (Å²) in [4.78, 5) is 12.7. The van der Waals surface area contributed by atoms with Crippen LogP contribution in [0.2, 0.25) is 5.28 Å². The van der Waals surface area contributed by atoms with Crippen molar-refractivity contribution in [1.29, 1.82) is 0 Å². The molecule has 0 spiro atoms. The Labute approximate surface area is 163 Å². The monoisotopic (exact) mass is 414 g/mol. The lowest BCUT2D eigenvalue weighted by Crippen LogP contribution is -2.19. The van der Waals surface area contributed by atoms with Gasteiger partial charge in [0, 0.05) is 6.20 Å². The molecule has 0 radical (unpaired) electrons. The average molecular weight is 415 g/mol. The van der Waals surface area contributed by atoms with Gasteiger partial charge in [0.15, 0.2) is 5.82 Å². The summed E-state index contributed by atoms with van der Waals surface area (Å²) < 4.78 is 43.1. The molecule has 0 fully saturated rings. The number of halogens is 4. The number of fused-ring (bicyclic) bond motifs is 1. The minimum atomic E-state index is -4.37. The lowest BCUT2D eigenvalue weighted by Gasteiger charge is -2.11. The molecule has 3 aromatic rings. The molecule has 0 bridgehead atoms. The molecule has 28 heavy (non-hydrogen) atoms. The summed E-state index contributed by atoms with van der Waals surface area (Å²) >= 11 is 6.07. The number of rotatable bonds is 7. The van der Waals surface area contributed by atoms with Crippen molar-refractivity contribution in [2.24, 2.45) is 0 Å². The van der Waals surface area contributed by atoms with Gasteiger partial charge < -0.3 is 10.1 Å². The van der Waals surface area contributed by atoms with E-state index in [1.54, 1.807) is 6.20 Å². The maximum absolute atomic E-state index is 12.3. The second-order valence-electron chi connectivity index (χ2n) is 6.07. The normalized spacial score (nSPS) is 11.9. The highest BCUT2D eigenvalue weighted by atomic mass is 35.5. The van der Waals surface area contributed by atoms with Crippen LogP contribution in [0.15, 0.2) is 18.3 Å². The number of anilines is 2. The Bertz CT molecular complexity index is 975. The highest BCUT2D eigenvalue weighted by Crippen LogP contribution is 2.27. The van der Waals surface area contributed by atoms with E-state index in [1.165, 1.54) is 4.68 Å². The van der Waals surface area contributed by atoms with Crippen LogP contribution in [0.25, 0.3) is 11.0 Å². The quantitative estimate of drug-likeness (QED) is 0.464. The summed E-state index contributed by atoms with van der Waals surface area (Å²) in [7, 11) is 0. The Morgan fingerprint density at radius 2 is 2.07 bits per heavy atom. The van der Waals surface area contributed by atoms with E-state index < -0.39 is 12.8 Å². The molecule has 0 aromatic carbocycles. The fraction of sp³-hybridized carbons (Fsp3) is 0.412. The van der Waals surface area contributed by atoms with Crippen LogP contribution in [0.1, 0.15) is 18.2 Å². The van der Waals surface area contributed by atoms with Crippen molar-refractivity contribution < 1.29 is 17.9 Å². The number of hydrogen-bond acceptors (Lipinski definition) is 6. The van der Waals surface area contributed by atoms with Crippen LogP contribution < -0.4 is 5.32 Å². The molecule has 0 atom stereocenters. The molecule has 3 heterocycles. The fourth-order valence-corrected chi connectivity index (χ4v) is 2.84. The lowest BCUT2D eigenvalue weighted by atomic mass is 10.2. The van der Waals surface area contributed by atoms with Gasteiger partial charge in [0.1, 0.15) is 23.5 Å². The molecule has 0 unspecified atom stereocenters. The molecule has 0 aliphatic carbocycles. The molecule has 11 heteroatoms. The summed E-state index contributed by atoms with van der Waals surface area (Å²) in [5.74, 6) is 0.923. The third kappa shape index (κ3) is 4.87. The maximum atomic E-state index is 12.3. The molecule has 3 rings (SSSR count). The van der Waals surface area contributed by atoms with Gasteiger partial charge in [-0.05, 0) is 42.6 Å². The van der Waals surface area contributed by atoms with Gasteiger partial charge >= 0.3 is 6.18 Å². The largest absolute Gasteiger partial charge is 0.411 e. The second-order valence-corrected chi connectivity index (χ2v) is 6.41. The molecular formula is C17H18ClF3N6O. The third-order valence-corrected chi connectivity index (χ3v) is 4.01. The first-order chi connectivity index (χ1) is 13.3. The standard InChI is InChI=1S/C17H18ClF3N6O/c1-3-11-13-14(27(26-11)6-7-28-9-17(19,20)21)15(25-16(18)24-13)23-12-8-10(2)4-5-22-12/h4-5,8H,3,6-7,9H2,1-2H3,(H,22,23,24,25). The smallest absolute Gasteiger partial charge is 0.370 e. The van der Waals surface area contributed by atoms with Gasteiger partial charge in [-0.3, -0.25) is 4.68 Å². The lowest BCUT2D eigenvalue weighted by molar-refractivity contribution is -0.174. The number of aryl methyl sites for hydroxylation is 2. The minimum absolute atomic E-state index is 0.0326. The number of alkyl halides is 3. The highest BCUT2D eigenvalue weighted by molar-refractivity contribution is 6.28. The Kier molecular flexibility index (Phi) is 5.99. The van der Waals surface area contributed by atoms with Crippen LogP contribution in [0.5, 0.6) is 0 Å². The molecular weight excluding hydrogens is 397 g/mol. The van der Waals surface area contributed by atoms with E-state index in [1.807, 2.05) is 26.0 Å². The van der Waals surface area contributed by atoms with E-state index in [4.69, 9.17) is 16.3 Å². The van der Waals surface area contributed by atoms with Crippen molar-refractivity contribution in [3.63, 3.8) is 0 Å². The van der Waals surface area contributed by atoms with Crippen molar-refractivity contribution in [1.82, 2.24) is 24.7 Å². The van der Waals surface area contributed by atoms with Crippen LogP contribution in [-0.4, -0.2) is 44.1 Å². The summed E-state index contributed by atoms with van der Waals surface area (Å²) in [5.41, 5.74) is 2.72. The Morgan fingerprint density at radius 1 is 1.29 bits per heavy atom. The Balaban J connectivity index is 1.94. The summed E-state index contributed by atoms with van der Waals surface area (Å²) in [6.07, 6.45) is -2.15. The first-order valence-corrected chi connectivity index (χ1v) is 8.91. The van der Waals surface area contributed by atoms with E-state index in [9.17, 15) is 13.2 Å². The van der Waals surface area contributed by atoms with Gasteiger partial charge in [-0.15, -0.1) is 0 Å². The Hall–Kier alpha value is -2.46. The first kappa shape index (κ1) is 20.3. The highest BCUT2D eigenvalue weighted by Gasteiger charge is 2.27. The van der Waals surface area contributed by atoms with Crippen LogP contribution in [0.4, 0.5) is 24.8 Å². The van der Waals surface area contributed by atoms with E-state index in [-0.39, 0.29) is 18.4 Å². The fourth-order valence-electron chi connectivity index (χ4n) is 2.67. The van der Waals surface area contributed by atoms with Crippen molar-refractivity contribution in [2.75, 3.05) is 18.5 Å². The molecule has 7 nitrogen and oxygen atoms in total. The van der Waals surface area contributed by atoms with Gasteiger partial charge in [0.25, 0.3) is 0 Å². The van der Waals surface area contributed by atoms with Crippen molar-refractivity contribution in [3.8, 4) is 0 Å². The van der Waals surface area contributed by atoms with E-state index in [0.29, 0.717) is 34.8 Å². The molecule has 0 amide bonds. The van der Waals surface area contributed by atoms with Crippen LogP contribution in [-0.2, 0) is 17.7 Å². The van der Waals surface area contributed by atoms with E-state index >= 15 is 0 Å². The molecule has 0 saturated heterocycles. The molecule has 0 saturated carbocycles. The third-order valence-electron chi connectivity index (χ3n) is 3.84. The summed E-state index contributed by atoms with van der Waals surface area (Å²) in [6.45, 7) is 2.45. The number of hydrogen-bond donors (Lipinski definition) is 1. The predicted octanol–water partition coefficient (Wildman–Crippen LogP) is 4.07. The number of aromatic nitrogens is 5. The Morgan fingerprint density at radius 3 is 2.75 bits per heavy atom. The van der Waals surface area contributed by atoms with Crippen LogP contribution in [0.3, 0.4) is 0 Å². The molecule has 1 N–H and O–H groups in total. The topological polar surface area (TPSA) is 77.8 Å². The maximum Gasteiger partial charge on any atom is 0.411 e. The second kappa shape index (κ2) is 8.27. The van der Waals surface area contributed by atoms with Crippen molar-refractivity contribution in [3.05, 3.63) is 34.9 Å². The molecule has 0 aliphatic heterocycles. The average Bonchev–Trinajstić information content (AvgIpc) is 2.95. The number of nitrogens with zero attached hydrogens (tertiary/aromatic N) is 5. The number of nitrogens with one attached hydrogen (secondary N) is 1. The minimum Gasteiger partial charge on any atom is -0.370 e. The van der Waals surface area contributed by atoms with Gasteiger partial charge in [0.05, 0.1) is 18.8 Å². The first-order valence-electron chi connectivity index (χ1n) is 8.54. The van der Waals surface area contributed by atoms with Gasteiger partial charge in [-0.25, -0.2) is 9.97 Å². The van der Waals surface area contributed by atoms with Gasteiger partial charge in [-0.1, -0.05) is 6.92 Å². The zero-order chi connectivity index (χ0) is 20.3. The SMILES string of the molecule is CCc1nn(CCOCC(F)(F)F)c2c(Nc3cc(C)ccn3)nc(Cl)nc12. The molecule has 150 valence electrons. The summed E-state index contributed by atoms with van der Waals surface area (Å²) in [5, 5.41) is 7.56. The van der Waals surface area contributed by atoms with E-state index in [0.717, 1.165) is 5.56 Å².